The molecule has 0 saturated carbocycles. The Labute approximate surface area is 530 Å². The summed E-state index contributed by atoms with van der Waals surface area (Å²) >= 11 is 0. The molecule has 10 amide bonds. The highest BCUT2D eigenvalue weighted by molar-refractivity contribution is 5.99. The van der Waals surface area contributed by atoms with Gasteiger partial charge in [0, 0.05) is 50.4 Å². The molecule has 0 radical (unpaired) electrons. The normalized spacial score (nSPS) is 14.3. The first kappa shape index (κ1) is 76.4. The summed E-state index contributed by atoms with van der Waals surface area (Å²) in [6.07, 6.45) is -1.43. The number of benzene rings is 2. The van der Waals surface area contributed by atoms with Crippen molar-refractivity contribution in [2.75, 3.05) is 6.54 Å². The maximum Gasteiger partial charge on any atom is 0.326 e. The van der Waals surface area contributed by atoms with E-state index in [1.54, 1.807) is 88.4 Å². The Kier molecular flexibility index (Phi) is 32.6. The van der Waals surface area contributed by atoms with Crippen molar-refractivity contribution in [3.8, 4) is 0 Å². The molecule has 92 heavy (non-hydrogen) atoms. The van der Waals surface area contributed by atoms with E-state index in [1.165, 1.54) is 12.5 Å². The van der Waals surface area contributed by atoms with Crippen LogP contribution in [0.2, 0.25) is 0 Å². The number of hydrogen-bond acceptors (Lipinski definition) is 17. The van der Waals surface area contributed by atoms with Crippen molar-refractivity contribution in [3.05, 3.63) is 90.0 Å². The molecular formula is C60H86N14O18. The molecule has 20 N–H and O–H groups in total. The largest absolute Gasteiger partial charge is 0.481 e. The minimum Gasteiger partial charge on any atom is -0.481 e. The maximum atomic E-state index is 14.8. The van der Waals surface area contributed by atoms with Crippen molar-refractivity contribution in [2.24, 2.45) is 29.0 Å². The topological polar surface area (TPSA) is 535 Å². The van der Waals surface area contributed by atoms with Crippen LogP contribution in [-0.4, -0.2) is 180 Å². The molecule has 504 valence electrons. The number of aliphatic carboxylic acids is 4. The molecule has 0 bridgehead atoms. The molecule has 32 heteroatoms. The van der Waals surface area contributed by atoms with E-state index in [0.717, 1.165) is 0 Å². The summed E-state index contributed by atoms with van der Waals surface area (Å²) in [4.78, 5) is 193. The summed E-state index contributed by atoms with van der Waals surface area (Å²) in [5, 5.41) is 60.1. The summed E-state index contributed by atoms with van der Waals surface area (Å²) in [5.41, 5.74) is 18.8. The van der Waals surface area contributed by atoms with Crippen LogP contribution in [-0.2, 0) is 86.4 Å². The number of carboxylic acid groups (broad SMARTS) is 4. The van der Waals surface area contributed by atoms with Crippen molar-refractivity contribution in [1.29, 1.82) is 0 Å². The van der Waals surface area contributed by atoms with Crippen LogP contribution in [0.4, 0.5) is 0 Å². The Morgan fingerprint density at radius 3 is 1.27 bits per heavy atom. The Balaban J connectivity index is 1.98. The fourth-order valence-corrected chi connectivity index (χ4v) is 9.27. The first-order chi connectivity index (χ1) is 43.5. The van der Waals surface area contributed by atoms with Crippen molar-refractivity contribution in [2.45, 2.75) is 178 Å². The average Bonchev–Trinajstić information content (AvgIpc) is 1.38. The minimum absolute atomic E-state index is 0.0301. The van der Waals surface area contributed by atoms with Gasteiger partial charge in [-0.15, -0.1) is 0 Å². The number of carbonyl (C=O) groups is 14. The molecule has 0 spiro atoms. The molecule has 3 aromatic rings. The van der Waals surface area contributed by atoms with Gasteiger partial charge in [-0.25, -0.2) is 9.78 Å². The first-order valence-electron chi connectivity index (χ1n) is 29.9. The highest BCUT2D eigenvalue weighted by atomic mass is 16.4. The van der Waals surface area contributed by atoms with E-state index >= 15 is 0 Å². The van der Waals surface area contributed by atoms with Gasteiger partial charge >= 0.3 is 23.9 Å². The summed E-state index contributed by atoms with van der Waals surface area (Å²) < 4.78 is 0. The molecule has 0 aliphatic carbocycles. The van der Waals surface area contributed by atoms with Gasteiger partial charge < -0.3 is 90.5 Å². The number of nitrogens with one attached hydrogen (secondary N) is 10. The highest BCUT2D eigenvalue weighted by Gasteiger charge is 2.37. The zero-order valence-electron chi connectivity index (χ0n) is 51.6. The number of aromatic amines is 1. The Morgan fingerprint density at radius 2 is 0.870 bits per heavy atom. The van der Waals surface area contributed by atoms with Crippen molar-refractivity contribution >= 4 is 82.9 Å². The monoisotopic (exact) mass is 1290 g/mol. The van der Waals surface area contributed by atoms with Gasteiger partial charge in [0.1, 0.15) is 54.4 Å². The Hall–Kier alpha value is -9.85. The van der Waals surface area contributed by atoms with E-state index in [0.29, 0.717) is 29.7 Å². The minimum atomic E-state index is -2.03. The Morgan fingerprint density at radius 1 is 0.467 bits per heavy atom. The first-order valence-corrected chi connectivity index (χ1v) is 29.9. The van der Waals surface area contributed by atoms with Gasteiger partial charge in [-0.2, -0.15) is 0 Å². The summed E-state index contributed by atoms with van der Waals surface area (Å²) in [6.45, 7) is 6.93. The fraction of sp³-hybridized carbons (Fsp3) is 0.517. The number of nitrogens with zero attached hydrogens (tertiary/aromatic N) is 1. The summed E-state index contributed by atoms with van der Waals surface area (Å²) in [6, 6.07) is 0.796. The zero-order valence-corrected chi connectivity index (χ0v) is 51.6. The second-order valence-electron chi connectivity index (χ2n) is 22.7. The number of H-pyrrole nitrogens is 1. The third-order valence-electron chi connectivity index (χ3n) is 14.2. The number of primary amides is 1. The van der Waals surface area contributed by atoms with Gasteiger partial charge in [0.05, 0.1) is 18.8 Å². The number of aromatic nitrogens is 2. The third kappa shape index (κ3) is 28.3. The molecule has 1 heterocycles. The molecule has 1 aromatic heterocycles. The molecule has 0 fully saturated rings. The number of rotatable bonds is 43. The summed E-state index contributed by atoms with van der Waals surface area (Å²) in [7, 11) is 0. The van der Waals surface area contributed by atoms with Gasteiger partial charge in [-0.1, -0.05) is 88.4 Å². The van der Waals surface area contributed by atoms with E-state index in [9.17, 15) is 87.5 Å². The SMILES string of the molecule is CC(C)C[C@H](NC(=O)[C@H](CCC(N)=O)NC(=O)[C@H](CCCCN)NC(=O)[C@@H](N)Cc1cnc[nH]1)C(=O)N[C@H](C(=O)N[C@@H](Cc1ccccc1)C(=O)N[C@@H](Cc1ccccc1)C(=O)N[C@@H](CCC(=O)O)C(=O)N[C@@H](CCC(=O)O)C(=O)N[C@@H](CC(=O)O)C(=O)O)C(C)C. The van der Waals surface area contributed by atoms with Crippen molar-refractivity contribution in [1.82, 2.24) is 57.8 Å². The number of nitrogens with two attached hydrogens (primary N) is 3. The lowest BCUT2D eigenvalue weighted by atomic mass is 9.98. The van der Waals surface area contributed by atoms with Crippen LogP contribution >= 0.6 is 0 Å². The molecular weight excluding hydrogens is 1200 g/mol. The number of carbonyl (C=O) groups excluding carboxylic acids is 10. The van der Waals surface area contributed by atoms with Crippen LogP contribution in [0.5, 0.6) is 0 Å². The second-order valence-corrected chi connectivity index (χ2v) is 22.7. The van der Waals surface area contributed by atoms with Crippen LogP contribution < -0.4 is 65.1 Å². The smallest absolute Gasteiger partial charge is 0.326 e. The molecule has 0 aliphatic heterocycles. The van der Waals surface area contributed by atoms with E-state index in [4.69, 9.17) is 17.2 Å². The van der Waals surface area contributed by atoms with Crippen LogP contribution in [0.15, 0.2) is 73.2 Å². The van der Waals surface area contributed by atoms with Gasteiger partial charge in [0.25, 0.3) is 0 Å². The molecule has 0 aliphatic rings. The van der Waals surface area contributed by atoms with Gasteiger partial charge in [-0.05, 0) is 74.5 Å². The molecule has 32 nitrogen and oxygen atoms in total. The molecule has 0 saturated heterocycles. The fourth-order valence-electron chi connectivity index (χ4n) is 9.27. The van der Waals surface area contributed by atoms with Gasteiger partial charge in [0.2, 0.25) is 59.1 Å². The number of unbranched alkanes of at least 4 members (excludes halogenated alkanes) is 1. The molecule has 2 aromatic carbocycles. The summed E-state index contributed by atoms with van der Waals surface area (Å²) in [5.74, 6) is -17.0. The van der Waals surface area contributed by atoms with E-state index in [1.807, 2.05) is 5.32 Å². The Bertz CT molecular complexity index is 2990. The number of amides is 10. The highest BCUT2D eigenvalue weighted by Crippen LogP contribution is 2.14. The number of imidazole rings is 1. The van der Waals surface area contributed by atoms with Gasteiger partial charge in [0.15, 0.2) is 0 Å². The lowest BCUT2D eigenvalue weighted by Gasteiger charge is -2.30. The van der Waals surface area contributed by atoms with Crippen molar-refractivity contribution < 1.29 is 87.5 Å². The number of hydrogen-bond donors (Lipinski definition) is 17. The molecule has 10 atom stereocenters. The van der Waals surface area contributed by atoms with Gasteiger partial charge in [-0.3, -0.25) is 62.3 Å². The molecule has 3 rings (SSSR count). The van der Waals surface area contributed by atoms with Crippen LogP contribution in [0.25, 0.3) is 0 Å². The second kappa shape index (κ2) is 39.3. The maximum absolute atomic E-state index is 14.8. The van der Waals surface area contributed by atoms with E-state index in [-0.39, 0.29) is 51.0 Å². The van der Waals surface area contributed by atoms with Crippen LogP contribution in [0, 0.1) is 11.8 Å². The average molecular weight is 1290 g/mol. The predicted octanol–water partition coefficient (Wildman–Crippen LogP) is -2.49. The lowest BCUT2D eigenvalue weighted by molar-refractivity contribution is -0.147. The quantitative estimate of drug-likeness (QED) is 0.0261. The van der Waals surface area contributed by atoms with Crippen molar-refractivity contribution in [3.63, 3.8) is 0 Å². The predicted molar refractivity (Wildman–Crippen MR) is 327 cm³/mol. The van der Waals surface area contributed by atoms with Crippen LogP contribution in [0.1, 0.15) is 115 Å². The molecule has 0 unspecified atom stereocenters. The standard InChI is InChI=1S/C60H86N14O18/c1-32(2)25-42(70-54(85)39(18-21-46(63)75)67-52(83)38(17-11-12-24-61)66-51(82)37(62)28-36-30-64-31-65-36)58(89)74-50(33(3)4)59(90)72-44(27-35-15-9-6-10-16-35)57(88)71-43(26-34-13-7-5-8-14-34)56(87)69-40(19-22-47(76)77)53(84)68-41(20-23-48(78)79)55(86)73-45(60(91)92)29-49(80)81/h5-10,13-16,30-33,37-45,50H,11-12,17-29,61-62H2,1-4H3,(H2,63,75)(H,64,65)(H,66,82)(H,67,83)(H,68,84)(H,69,87)(H,70,85)(H,71,88)(H,72,90)(H,73,86)(H,74,89)(H,76,77)(H,78,79)(H,80,81)(H,91,92)/t37-,38-,39-,40-,41-,42-,43-,44-,45-,50-/m0/s1. The number of carboxylic acids is 4. The van der Waals surface area contributed by atoms with E-state index < -0.39 is 188 Å². The van der Waals surface area contributed by atoms with E-state index in [2.05, 4.69) is 52.5 Å². The van der Waals surface area contributed by atoms with Crippen LogP contribution in [0.3, 0.4) is 0 Å². The third-order valence-corrected chi connectivity index (χ3v) is 14.2. The zero-order chi connectivity index (χ0) is 68.6. The lowest BCUT2D eigenvalue weighted by Crippen LogP contribution is -2.61.